The molecule has 3 aromatic carbocycles. The Hall–Kier alpha value is -2.68. The van der Waals surface area contributed by atoms with Gasteiger partial charge >= 0.3 is 0 Å². The molecule has 274 valence electrons. The second kappa shape index (κ2) is 18.7. The van der Waals surface area contributed by atoms with Crippen LogP contribution in [0.25, 0.3) is 0 Å². The maximum Gasteiger partial charge on any atom is 0.243 e. The van der Waals surface area contributed by atoms with Gasteiger partial charge in [-0.05, 0) is 61.2 Å². The summed E-state index contributed by atoms with van der Waals surface area (Å²) in [5.41, 5.74) is 5.17. The Balaban J connectivity index is 1.44. The second-order valence-electron chi connectivity index (χ2n) is 13.0. The van der Waals surface area contributed by atoms with Gasteiger partial charge in [-0.15, -0.1) is 0 Å². The van der Waals surface area contributed by atoms with Gasteiger partial charge in [0.05, 0.1) is 55.3 Å². The lowest BCUT2D eigenvalue weighted by atomic mass is 9.85. The maximum atomic E-state index is 14.1. The molecule has 2 aliphatic rings. The molecule has 10 nitrogen and oxygen atoms in total. The fourth-order valence-corrected chi connectivity index (χ4v) is 8.74. The van der Waals surface area contributed by atoms with Crippen molar-refractivity contribution in [1.29, 1.82) is 0 Å². The quantitative estimate of drug-likeness (QED) is 0.175. The number of sulfonamides is 1. The molecule has 0 aromatic heterocycles. The minimum Gasteiger partial charge on any atom is -0.490 e. The second-order valence-corrected chi connectivity index (χ2v) is 16.0. The van der Waals surface area contributed by atoms with Crippen LogP contribution in [0, 0.1) is 6.92 Å². The molecule has 2 aliphatic heterocycles. The normalized spacial score (nSPS) is 20.3. The van der Waals surface area contributed by atoms with Crippen LogP contribution in [-0.2, 0) is 41.3 Å². The van der Waals surface area contributed by atoms with Crippen LogP contribution in [0.15, 0.2) is 71.6 Å². The first-order chi connectivity index (χ1) is 24.2. The molecule has 0 aliphatic carbocycles. The SMILES string of the molecule is COCCCN1CCOc2ccc(CO[C@H]3CN(S(=O)(=O)c4ccc(C)cc4)C[C@@H](OC[C@@H](C)O)[C@@H]3c3ccc(CSCCOC)cc3)cc21. The molecule has 4 atom stereocenters. The van der Waals surface area contributed by atoms with Gasteiger partial charge in [-0.2, -0.15) is 16.1 Å². The Morgan fingerprint density at radius 1 is 0.940 bits per heavy atom. The summed E-state index contributed by atoms with van der Waals surface area (Å²) in [5.74, 6) is 2.34. The molecule has 1 N–H and O–H groups in total. The van der Waals surface area contributed by atoms with Gasteiger partial charge in [0, 0.05) is 57.9 Å². The highest BCUT2D eigenvalue weighted by Gasteiger charge is 2.43. The molecule has 3 aromatic rings. The lowest BCUT2D eigenvalue weighted by Gasteiger charge is -2.43. The van der Waals surface area contributed by atoms with E-state index in [1.807, 2.05) is 43.0 Å². The number of methoxy groups -OCH3 is 2. The molecule has 0 spiro atoms. The first kappa shape index (κ1) is 38.5. The Kier molecular flexibility index (Phi) is 14.4. The number of nitrogens with zero attached hydrogens (tertiary/aromatic N) is 2. The van der Waals surface area contributed by atoms with Gasteiger partial charge in [0.15, 0.2) is 0 Å². The smallest absolute Gasteiger partial charge is 0.243 e. The molecule has 1 fully saturated rings. The molecule has 5 rings (SSSR count). The Labute approximate surface area is 302 Å². The van der Waals surface area contributed by atoms with Crippen LogP contribution in [0.4, 0.5) is 5.69 Å². The van der Waals surface area contributed by atoms with Crippen LogP contribution in [-0.4, -0.2) is 109 Å². The van der Waals surface area contributed by atoms with Crippen molar-refractivity contribution in [1.82, 2.24) is 4.31 Å². The van der Waals surface area contributed by atoms with Crippen molar-refractivity contribution in [3.05, 3.63) is 89.0 Å². The summed E-state index contributed by atoms with van der Waals surface area (Å²) in [6, 6.07) is 21.5. The summed E-state index contributed by atoms with van der Waals surface area (Å²) >= 11 is 1.81. The minimum absolute atomic E-state index is 0.0737. The van der Waals surface area contributed by atoms with E-state index in [4.69, 9.17) is 23.7 Å². The van der Waals surface area contributed by atoms with Gasteiger partial charge in [-0.1, -0.05) is 48.0 Å². The number of thioether (sulfide) groups is 1. The molecule has 0 amide bonds. The molecule has 0 unspecified atom stereocenters. The van der Waals surface area contributed by atoms with E-state index in [-0.39, 0.29) is 37.1 Å². The van der Waals surface area contributed by atoms with Crippen molar-refractivity contribution in [3.8, 4) is 5.75 Å². The molecule has 0 saturated carbocycles. The number of rotatable bonds is 18. The Morgan fingerprint density at radius 2 is 1.64 bits per heavy atom. The van der Waals surface area contributed by atoms with Crippen LogP contribution in [0.2, 0.25) is 0 Å². The predicted molar refractivity (Wildman–Crippen MR) is 198 cm³/mol. The van der Waals surface area contributed by atoms with Gasteiger partial charge in [0.2, 0.25) is 10.0 Å². The Bertz CT molecular complexity index is 1590. The van der Waals surface area contributed by atoms with Gasteiger partial charge in [0.25, 0.3) is 0 Å². The van der Waals surface area contributed by atoms with Crippen molar-refractivity contribution < 1.29 is 37.2 Å². The van der Waals surface area contributed by atoms with Crippen molar-refractivity contribution >= 4 is 27.5 Å². The average Bonchev–Trinajstić information content (AvgIpc) is 3.12. The predicted octanol–water partition coefficient (Wildman–Crippen LogP) is 5.25. The first-order valence-corrected chi connectivity index (χ1v) is 19.9. The summed E-state index contributed by atoms with van der Waals surface area (Å²) in [6.45, 7) is 7.90. The molecule has 2 heterocycles. The Morgan fingerprint density at radius 3 is 2.34 bits per heavy atom. The number of aliphatic hydroxyl groups is 1. The van der Waals surface area contributed by atoms with Crippen LogP contribution < -0.4 is 9.64 Å². The van der Waals surface area contributed by atoms with E-state index in [0.717, 1.165) is 59.1 Å². The minimum atomic E-state index is -3.86. The summed E-state index contributed by atoms with van der Waals surface area (Å²) in [6.07, 6.45) is -0.895. The maximum absolute atomic E-state index is 14.1. The van der Waals surface area contributed by atoms with Crippen LogP contribution in [0.3, 0.4) is 0 Å². The van der Waals surface area contributed by atoms with Crippen LogP contribution in [0.1, 0.15) is 41.5 Å². The number of aliphatic hydroxyl groups excluding tert-OH is 1. The van der Waals surface area contributed by atoms with Gasteiger partial charge in [0.1, 0.15) is 12.4 Å². The third-order valence-corrected chi connectivity index (χ3v) is 11.9. The zero-order chi connectivity index (χ0) is 35.5. The molecule has 0 bridgehead atoms. The van der Waals surface area contributed by atoms with E-state index in [0.29, 0.717) is 19.8 Å². The highest BCUT2D eigenvalue weighted by Crippen LogP contribution is 2.37. The number of benzene rings is 3. The van der Waals surface area contributed by atoms with Crippen LogP contribution >= 0.6 is 11.8 Å². The fourth-order valence-electron chi connectivity index (χ4n) is 6.41. The highest BCUT2D eigenvalue weighted by molar-refractivity contribution is 7.98. The zero-order valence-electron chi connectivity index (χ0n) is 29.7. The van der Waals surface area contributed by atoms with Crippen molar-refractivity contribution in [2.75, 3.05) is 77.5 Å². The van der Waals surface area contributed by atoms with E-state index in [2.05, 4.69) is 35.2 Å². The van der Waals surface area contributed by atoms with E-state index in [1.54, 1.807) is 33.3 Å². The summed E-state index contributed by atoms with van der Waals surface area (Å²) < 4.78 is 59.1. The molecule has 12 heteroatoms. The topological polar surface area (TPSA) is 107 Å². The number of aryl methyl sites for hydroxylation is 1. The third-order valence-electron chi connectivity index (χ3n) is 9.07. The molecular weight excluding hydrogens is 677 g/mol. The fraction of sp³-hybridized carbons (Fsp3) is 0.526. The van der Waals surface area contributed by atoms with Crippen molar-refractivity contribution in [2.45, 2.75) is 61.8 Å². The largest absolute Gasteiger partial charge is 0.490 e. The first-order valence-electron chi connectivity index (χ1n) is 17.3. The van der Waals surface area contributed by atoms with Gasteiger partial charge in [-0.25, -0.2) is 8.42 Å². The zero-order valence-corrected chi connectivity index (χ0v) is 31.3. The summed E-state index contributed by atoms with van der Waals surface area (Å²) in [4.78, 5) is 2.54. The highest BCUT2D eigenvalue weighted by atomic mass is 32.2. The van der Waals surface area contributed by atoms with E-state index >= 15 is 0 Å². The van der Waals surface area contributed by atoms with E-state index < -0.39 is 28.3 Å². The van der Waals surface area contributed by atoms with Gasteiger partial charge < -0.3 is 33.7 Å². The van der Waals surface area contributed by atoms with Crippen molar-refractivity contribution in [2.24, 2.45) is 0 Å². The number of hydrogen-bond donors (Lipinski definition) is 1. The number of fused-ring (bicyclic) bond motifs is 1. The average molecular weight is 729 g/mol. The van der Waals surface area contributed by atoms with Crippen LogP contribution in [0.5, 0.6) is 5.75 Å². The van der Waals surface area contributed by atoms with Crippen molar-refractivity contribution in [3.63, 3.8) is 0 Å². The monoisotopic (exact) mass is 728 g/mol. The molecular formula is C38H52N2O8S2. The number of anilines is 1. The lowest BCUT2D eigenvalue weighted by Crippen LogP contribution is -2.54. The summed E-state index contributed by atoms with van der Waals surface area (Å²) in [7, 11) is -0.436. The van der Waals surface area contributed by atoms with E-state index in [9.17, 15) is 13.5 Å². The standard InChI is InChI=1S/C38H52N2O8S2/c1-28-6-13-33(14-7-28)50(42,43)40-23-36(47-25-29(2)41)38(32-11-8-30(9-12-32)27-49-21-20-45-4)37(24-40)48-26-31-10-15-35-34(22-31)39(17-19-46-35)16-5-18-44-3/h6-15,22,29,36-38,41H,5,16-21,23-27H2,1-4H3/t29-,36-,37+,38+/m1/s1. The van der Waals surface area contributed by atoms with E-state index in [1.165, 1.54) is 9.87 Å². The number of ether oxygens (including phenoxy) is 5. The number of piperidine rings is 1. The molecule has 0 radical (unpaired) electrons. The van der Waals surface area contributed by atoms with Gasteiger partial charge in [-0.3, -0.25) is 0 Å². The molecule has 50 heavy (non-hydrogen) atoms. The molecule has 1 saturated heterocycles. The lowest BCUT2D eigenvalue weighted by molar-refractivity contribution is -0.0916. The summed E-state index contributed by atoms with van der Waals surface area (Å²) in [5, 5.41) is 10.2. The number of hydrogen-bond acceptors (Lipinski definition) is 10. The third kappa shape index (κ3) is 10.2.